The Hall–Kier alpha value is -0.770. The van der Waals surface area contributed by atoms with E-state index in [2.05, 4.69) is 6.92 Å². The summed E-state index contributed by atoms with van der Waals surface area (Å²) in [6.45, 7) is 9.27. The highest BCUT2D eigenvalue weighted by atomic mass is 16.6. The zero-order valence-corrected chi connectivity index (χ0v) is 11.5. The van der Waals surface area contributed by atoms with Gasteiger partial charge >= 0.3 is 6.09 Å². The Balaban J connectivity index is 2.66. The molecule has 1 saturated heterocycles. The molecule has 0 spiro atoms. The third kappa shape index (κ3) is 3.87. The molecule has 0 aromatic heterocycles. The van der Waals surface area contributed by atoms with Crippen LogP contribution in [-0.2, 0) is 4.74 Å². The van der Waals surface area contributed by atoms with Crippen LogP contribution >= 0.6 is 0 Å². The van der Waals surface area contributed by atoms with Gasteiger partial charge in [0.2, 0.25) is 0 Å². The lowest BCUT2D eigenvalue weighted by Crippen LogP contribution is -2.42. The second-order valence-corrected chi connectivity index (χ2v) is 5.81. The maximum Gasteiger partial charge on any atom is 0.410 e. The van der Waals surface area contributed by atoms with E-state index in [0.717, 1.165) is 25.8 Å². The molecule has 0 aromatic carbocycles. The highest BCUT2D eigenvalue weighted by Crippen LogP contribution is 2.28. The van der Waals surface area contributed by atoms with Gasteiger partial charge in [0.15, 0.2) is 0 Å². The summed E-state index contributed by atoms with van der Waals surface area (Å²) in [7, 11) is 0. The van der Waals surface area contributed by atoms with Crippen LogP contribution in [0, 0.1) is 5.92 Å². The number of carbonyl (C=O) groups is 1. The van der Waals surface area contributed by atoms with Crippen molar-refractivity contribution < 1.29 is 9.53 Å². The third-order valence-corrected chi connectivity index (χ3v) is 3.20. The maximum absolute atomic E-state index is 12.1. The molecule has 4 heteroatoms. The molecule has 2 unspecified atom stereocenters. The van der Waals surface area contributed by atoms with Crippen molar-refractivity contribution in [1.29, 1.82) is 0 Å². The molecule has 0 bridgehead atoms. The summed E-state index contributed by atoms with van der Waals surface area (Å²) in [5.74, 6) is 0.433. The first-order chi connectivity index (χ1) is 7.89. The smallest absolute Gasteiger partial charge is 0.410 e. The van der Waals surface area contributed by atoms with Crippen molar-refractivity contribution in [2.45, 2.75) is 58.6 Å². The quantitative estimate of drug-likeness (QED) is 0.826. The van der Waals surface area contributed by atoms with E-state index in [1.54, 1.807) is 0 Å². The minimum atomic E-state index is -0.422. The van der Waals surface area contributed by atoms with Crippen molar-refractivity contribution >= 4 is 6.09 Å². The van der Waals surface area contributed by atoms with Gasteiger partial charge in [0, 0.05) is 12.6 Å². The Morgan fingerprint density at radius 2 is 2.12 bits per heavy atom. The number of ether oxygens (including phenoxy) is 1. The van der Waals surface area contributed by atoms with E-state index < -0.39 is 5.60 Å². The molecule has 1 fully saturated rings. The molecule has 0 saturated carbocycles. The fourth-order valence-electron chi connectivity index (χ4n) is 2.43. The third-order valence-electron chi connectivity index (χ3n) is 3.20. The second kappa shape index (κ2) is 5.71. The van der Waals surface area contributed by atoms with Crippen LogP contribution in [0.3, 0.4) is 0 Å². The molecule has 2 N–H and O–H groups in total. The predicted octanol–water partition coefficient (Wildman–Crippen LogP) is 2.37. The summed E-state index contributed by atoms with van der Waals surface area (Å²) in [4.78, 5) is 13.9. The first kappa shape index (κ1) is 14.3. The average Bonchev–Trinajstić information content (AvgIpc) is 2.59. The van der Waals surface area contributed by atoms with Crippen molar-refractivity contribution in [3.05, 3.63) is 0 Å². The standard InChI is InChI=1S/C13H26N2O2/c1-5-6-11-10(9-14)7-8-15(11)12(16)17-13(2,3)4/h10-11H,5-9,14H2,1-4H3. The first-order valence-corrected chi connectivity index (χ1v) is 6.58. The van der Waals surface area contributed by atoms with E-state index in [-0.39, 0.29) is 12.1 Å². The predicted molar refractivity (Wildman–Crippen MR) is 68.8 cm³/mol. The monoisotopic (exact) mass is 242 g/mol. The molecule has 0 aliphatic carbocycles. The minimum absolute atomic E-state index is 0.188. The lowest BCUT2D eigenvalue weighted by Gasteiger charge is -2.30. The summed E-state index contributed by atoms with van der Waals surface area (Å²) in [5, 5.41) is 0. The molecule has 1 amide bonds. The Morgan fingerprint density at radius 3 is 2.59 bits per heavy atom. The molecular weight excluding hydrogens is 216 g/mol. The largest absolute Gasteiger partial charge is 0.444 e. The second-order valence-electron chi connectivity index (χ2n) is 5.81. The number of nitrogens with two attached hydrogens (primary N) is 1. The van der Waals surface area contributed by atoms with Crippen LogP contribution in [0.15, 0.2) is 0 Å². The van der Waals surface area contributed by atoms with Crippen LogP contribution in [-0.4, -0.2) is 35.7 Å². The van der Waals surface area contributed by atoms with Crippen molar-refractivity contribution in [1.82, 2.24) is 4.90 Å². The Kier molecular flexibility index (Phi) is 4.80. The fraction of sp³-hybridized carbons (Fsp3) is 0.923. The van der Waals surface area contributed by atoms with E-state index >= 15 is 0 Å². The van der Waals surface area contributed by atoms with Gasteiger partial charge in [-0.2, -0.15) is 0 Å². The number of carbonyl (C=O) groups excluding carboxylic acids is 1. The Bertz CT molecular complexity index is 261. The SMILES string of the molecule is CCCC1C(CN)CCN1C(=O)OC(C)(C)C. The van der Waals surface area contributed by atoms with Gasteiger partial charge in [-0.05, 0) is 46.1 Å². The van der Waals surface area contributed by atoms with Gasteiger partial charge in [-0.25, -0.2) is 4.79 Å². The molecule has 4 nitrogen and oxygen atoms in total. The van der Waals surface area contributed by atoms with E-state index in [9.17, 15) is 4.79 Å². The highest BCUT2D eigenvalue weighted by molar-refractivity contribution is 5.69. The molecular formula is C13H26N2O2. The summed E-state index contributed by atoms with van der Waals surface area (Å²) < 4.78 is 5.44. The summed E-state index contributed by atoms with van der Waals surface area (Å²) in [5.41, 5.74) is 5.34. The number of likely N-dealkylation sites (tertiary alicyclic amines) is 1. The molecule has 1 rings (SSSR count). The molecule has 100 valence electrons. The number of amides is 1. The van der Waals surface area contributed by atoms with E-state index in [1.165, 1.54) is 0 Å². The van der Waals surface area contributed by atoms with E-state index in [4.69, 9.17) is 10.5 Å². The van der Waals surface area contributed by atoms with Crippen LogP contribution in [0.2, 0.25) is 0 Å². The topological polar surface area (TPSA) is 55.6 Å². The van der Waals surface area contributed by atoms with Gasteiger partial charge < -0.3 is 15.4 Å². The lowest BCUT2D eigenvalue weighted by molar-refractivity contribution is 0.0201. The first-order valence-electron chi connectivity index (χ1n) is 6.58. The van der Waals surface area contributed by atoms with Crippen molar-refractivity contribution in [3.8, 4) is 0 Å². The van der Waals surface area contributed by atoms with Gasteiger partial charge in [0.25, 0.3) is 0 Å². The Labute approximate surface area is 104 Å². The summed E-state index contributed by atoms with van der Waals surface area (Å²) >= 11 is 0. The molecule has 1 heterocycles. The normalized spacial score (nSPS) is 25.1. The van der Waals surface area contributed by atoms with Gasteiger partial charge in [-0.3, -0.25) is 0 Å². The highest BCUT2D eigenvalue weighted by Gasteiger charge is 2.37. The van der Waals surface area contributed by atoms with Crippen LogP contribution < -0.4 is 5.73 Å². The van der Waals surface area contributed by atoms with Gasteiger partial charge in [-0.15, -0.1) is 0 Å². The number of rotatable bonds is 3. The van der Waals surface area contributed by atoms with Crippen molar-refractivity contribution in [3.63, 3.8) is 0 Å². The number of hydrogen-bond donors (Lipinski definition) is 1. The zero-order valence-electron chi connectivity index (χ0n) is 11.5. The van der Waals surface area contributed by atoms with Crippen LogP contribution in [0.25, 0.3) is 0 Å². The molecule has 0 aromatic rings. The molecule has 1 aliphatic rings. The van der Waals surface area contributed by atoms with E-state index in [1.807, 2.05) is 25.7 Å². The molecule has 0 radical (unpaired) electrons. The van der Waals surface area contributed by atoms with E-state index in [0.29, 0.717) is 12.5 Å². The van der Waals surface area contributed by atoms with Crippen molar-refractivity contribution in [2.24, 2.45) is 11.7 Å². The fourth-order valence-corrected chi connectivity index (χ4v) is 2.43. The average molecular weight is 242 g/mol. The maximum atomic E-state index is 12.1. The van der Waals surface area contributed by atoms with Gasteiger partial charge in [0.05, 0.1) is 0 Å². The number of hydrogen-bond acceptors (Lipinski definition) is 3. The molecule has 1 aliphatic heterocycles. The van der Waals surface area contributed by atoms with Crippen LogP contribution in [0.4, 0.5) is 4.79 Å². The lowest BCUT2D eigenvalue weighted by atomic mass is 9.97. The van der Waals surface area contributed by atoms with Gasteiger partial charge in [0.1, 0.15) is 5.60 Å². The van der Waals surface area contributed by atoms with Crippen LogP contribution in [0.5, 0.6) is 0 Å². The Morgan fingerprint density at radius 1 is 1.47 bits per heavy atom. The van der Waals surface area contributed by atoms with Crippen molar-refractivity contribution in [2.75, 3.05) is 13.1 Å². The molecule has 17 heavy (non-hydrogen) atoms. The molecule has 2 atom stereocenters. The minimum Gasteiger partial charge on any atom is -0.444 e. The zero-order chi connectivity index (χ0) is 13.1. The summed E-state index contributed by atoms with van der Waals surface area (Å²) in [6, 6.07) is 0.264. The summed E-state index contributed by atoms with van der Waals surface area (Å²) in [6.07, 6.45) is 2.90. The van der Waals surface area contributed by atoms with Crippen LogP contribution in [0.1, 0.15) is 47.0 Å². The number of nitrogens with zero attached hydrogens (tertiary/aromatic N) is 1. The van der Waals surface area contributed by atoms with Gasteiger partial charge in [-0.1, -0.05) is 13.3 Å².